The third-order valence-electron chi connectivity index (χ3n) is 3.89. The number of hydrogen-bond donors (Lipinski definition) is 1. The maximum absolute atomic E-state index is 12.7. The second kappa shape index (κ2) is 6.72. The molecule has 3 unspecified atom stereocenters. The van der Waals surface area contributed by atoms with Crippen LogP contribution in [-0.4, -0.2) is 54.8 Å². The highest BCUT2D eigenvalue weighted by molar-refractivity contribution is 7.86. The van der Waals surface area contributed by atoms with Crippen molar-refractivity contribution in [3.05, 3.63) is 0 Å². The van der Waals surface area contributed by atoms with Gasteiger partial charge in [-0.3, -0.25) is 0 Å². The average molecular weight is 312 g/mol. The minimum absolute atomic E-state index is 0. The van der Waals surface area contributed by atoms with E-state index in [1.807, 2.05) is 20.8 Å². The van der Waals surface area contributed by atoms with Crippen LogP contribution in [-0.2, 0) is 10.2 Å². The molecule has 0 aromatic carbocycles. The Labute approximate surface area is 123 Å². The first-order valence-electron chi connectivity index (χ1n) is 6.94. The van der Waals surface area contributed by atoms with Crippen molar-refractivity contribution in [3.63, 3.8) is 0 Å². The molecule has 0 amide bonds. The van der Waals surface area contributed by atoms with Gasteiger partial charge in [0.25, 0.3) is 10.2 Å². The summed E-state index contributed by atoms with van der Waals surface area (Å²) < 4.78 is 28.7. The first-order chi connectivity index (χ1) is 8.41. The number of rotatable bonds is 2. The van der Waals surface area contributed by atoms with Crippen molar-refractivity contribution in [1.82, 2.24) is 13.9 Å². The number of halogens is 1. The van der Waals surface area contributed by atoms with Crippen LogP contribution in [0.5, 0.6) is 0 Å². The highest BCUT2D eigenvalue weighted by Crippen LogP contribution is 2.23. The third-order valence-corrected chi connectivity index (χ3v) is 5.97. The van der Waals surface area contributed by atoms with Crippen LogP contribution in [0.15, 0.2) is 0 Å². The summed E-state index contributed by atoms with van der Waals surface area (Å²) in [7, 11) is -3.27. The van der Waals surface area contributed by atoms with Gasteiger partial charge in [0, 0.05) is 37.8 Å². The summed E-state index contributed by atoms with van der Waals surface area (Å²) in [6.07, 6.45) is 3.11. The van der Waals surface area contributed by atoms with Gasteiger partial charge in [0.2, 0.25) is 0 Å². The van der Waals surface area contributed by atoms with Crippen LogP contribution in [0.1, 0.15) is 40.0 Å². The molecule has 0 spiro atoms. The number of hydrogen-bond acceptors (Lipinski definition) is 3. The molecule has 19 heavy (non-hydrogen) atoms. The second-order valence-electron chi connectivity index (χ2n) is 5.75. The maximum atomic E-state index is 12.7. The minimum Gasteiger partial charge on any atom is -0.309 e. The lowest BCUT2D eigenvalue weighted by Crippen LogP contribution is -2.60. The molecule has 5 nitrogen and oxygen atoms in total. The number of piperidine rings is 1. The Kier molecular flexibility index (Phi) is 6.07. The molecule has 0 radical (unpaired) electrons. The Morgan fingerprint density at radius 2 is 1.63 bits per heavy atom. The molecule has 2 rings (SSSR count). The predicted molar refractivity (Wildman–Crippen MR) is 79.8 cm³/mol. The molecule has 114 valence electrons. The van der Waals surface area contributed by atoms with E-state index in [-0.39, 0.29) is 30.5 Å². The standard InChI is InChI=1S/C12H25N3O2S.ClH/c1-10-8-14(9-11(2)13-10)18(16,17)15-7-5-4-6-12(15)3;/h10-13H,4-9H2,1-3H3;1H. The van der Waals surface area contributed by atoms with E-state index < -0.39 is 10.2 Å². The van der Waals surface area contributed by atoms with E-state index >= 15 is 0 Å². The lowest BCUT2D eigenvalue weighted by molar-refractivity contribution is 0.212. The fourth-order valence-electron chi connectivity index (χ4n) is 3.03. The lowest BCUT2D eigenvalue weighted by Gasteiger charge is -2.41. The summed E-state index contributed by atoms with van der Waals surface area (Å²) in [5, 5.41) is 3.37. The molecule has 0 bridgehead atoms. The maximum Gasteiger partial charge on any atom is 0.282 e. The first-order valence-corrected chi connectivity index (χ1v) is 8.34. The zero-order chi connectivity index (χ0) is 13.3. The fourth-order valence-corrected chi connectivity index (χ4v) is 5.07. The molecule has 0 aromatic heterocycles. The van der Waals surface area contributed by atoms with Crippen molar-refractivity contribution < 1.29 is 8.42 Å². The summed E-state index contributed by atoms with van der Waals surface area (Å²) in [6, 6.07) is 0.594. The van der Waals surface area contributed by atoms with E-state index in [9.17, 15) is 8.42 Å². The van der Waals surface area contributed by atoms with Crippen molar-refractivity contribution >= 4 is 22.6 Å². The van der Waals surface area contributed by atoms with E-state index in [1.165, 1.54) is 0 Å². The smallest absolute Gasteiger partial charge is 0.282 e. The van der Waals surface area contributed by atoms with Gasteiger partial charge in [-0.15, -0.1) is 12.4 Å². The molecule has 2 heterocycles. The van der Waals surface area contributed by atoms with Gasteiger partial charge in [0.15, 0.2) is 0 Å². The summed E-state index contributed by atoms with van der Waals surface area (Å²) in [4.78, 5) is 0. The Bertz CT molecular complexity index is 380. The molecule has 0 saturated carbocycles. The van der Waals surface area contributed by atoms with Gasteiger partial charge >= 0.3 is 0 Å². The quantitative estimate of drug-likeness (QED) is 0.834. The number of nitrogens with zero attached hydrogens (tertiary/aromatic N) is 2. The Balaban J connectivity index is 0.00000180. The summed E-state index contributed by atoms with van der Waals surface area (Å²) in [5.41, 5.74) is 0. The molecule has 2 aliphatic rings. The highest BCUT2D eigenvalue weighted by atomic mass is 35.5. The first kappa shape index (κ1) is 17.2. The molecule has 3 atom stereocenters. The van der Waals surface area contributed by atoms with Gasteiger partial charge in [-0.2, -0.15) is 17.0 Å². The van der Waals surface area contributed by atoms with Crippen molar-refractivity contribution in [1.29, 1.82) is 0 Å². The number of piperazine rings is 1. The van der Waals surface area contributed by atoms with E-state index in [0.717, 1.165) is 19.3 Å². The molecular weight excluding hydrogens is 286 g/mol. The summed E-state index contributed by atoms with van der Waals surface area (Å²) in [6.45, 7) is 7.93. The predicted octanol–water partition coefficient (Wildman–Crippen LogP) is 1.21. The molecule has 0 aromatic rings. The fraction of sp³-hybridized carbons (Fsp3) is 1.00. The van der Waals surface area contributed by atoms with Crippen molar-refractivity contribution in [2.75, 3.05) is 19.6 Å². The average Bonchev–Trinajstić information content (AvgIpc) is 2.28. The van der Waals surface area contributed by atoms with Crippen molar-refractivity contribution in [3.8, 4) is 0 Å². The molecule has 0 aliphatic carbocycles. The van der Waals surface area contributed by atoms with Crippen LogP contribution >= 0.6 is 12.4 Å². The van der Waals surface area contributed by atoms with Crippen LogP contribution in [0.4, 0.5) is 0 Å². The normalized spacial score (nSPS) is 34.8. The molecular formula is C12H26ClN3O2S. The SMILES string of the molecule is CC1CN(S(=O)(=O)N2CCCCC2C)CC(C)N1.Cl. The van der Waals surface area contributed by atoms with Crippen LogP contribution in [0.3, 0.4) is 0 Å². The topological polar surface area (TPSA) is 52.7 Å². The van der Waals surface area contributed by atoms with E-state index in [4.69, 9.17) is 0 Å². The minimum atomic E-state index is -3.27. The van der Waals surface area contributed by atoms with Crippen LogP contribution < -0.4 is 5.32 Å². The third kappa shape index (κ3) is 3.82. The Hall–Kier alpha value is 0.120. The monoisotopic (exact) mass is 311 g/mol. The molecule has 7 heteroatoms. The highest BCUT2D eigenvalue weighted by Gasteiger charge is 2.37. The van der Waals surface area contributed by atoms with Gasteiger partial charge in [-0.05, 0) is 33.6 Å². The van der Waals surface area contributed by atoms with Gasteiger partial charge in [-0.25, -0.2) is 0 Å². The van der Waals surface area contributed by atoms with E-state index in [0.29, 0.717) is 19.6 Å². The van der Waals surface area contributed by atoms with Crippen LogP contribution in [0.25, 0.3) is 0 Å². The lowest BCUT2D eigenvalue weighted by atomic mass is 10.1. The van der Waals surface area contributed by atoms with Crippen molar-refractivity contribution in [2.24, 2.45) is 0 Å². The Morgan fingerprint density at radius 1 is 1.05 bits per heavy atom. The van der Waals surface area contributed by atoms with Crippen molar-refractivity contribution in [2.45, 2.75) is 58.2 Å². The van der Waals surface area contributed by atoms with E-state index in [2.05, 4.69) is 5.32 Å². The van der Waals surface area contributed by atoms with Gasteiger partial charge < -0.3 is 5.32 Å². The van der Waals surface area contributed by atoms with Crippen LogP contribution in [0, 0.1) is 0 Å². The van der Waals surface area contributed by atoms with Gasteiger partial charge in [0.1, 0.15) is 0 Å². The molecule has 2 saturated heterocycles. The largest absolute Gasteiger partial charge is 0.309 e. The molecule has 2 fully saturated rings. The van der Waals surface area contributed by atoms with Gasteiger partial charge in [-0.1, -0.05) is 6.42 Å². The van der Waals surface area contributed by atoms with Crippen LogP contribution in [0.2, 0.25) is 0 Å². The summed E-state index contributed by atoms with van der Waals surface area (Å²) >= 11 is 0. The van der Waals surface area contributed by atoms with E-state index in [1.54, 1.807) is 8.61 Å². The summed E-state index contributed by atoms with van der Waals surface area (Å²) in [5.74, 6) is 0. The zero-order valence-electron chi connectivity index (χ0n) is 12.0. The van der Waals surface area contributed by atoms with Gasteiger partial charge in [0.05, 0.1) is 0 Å². The second-order valence-corrected chi connectivity index (χ2v) is 7.63. The molecule has 1 N–H and O–H groups in total. The Morgan fingerprint density at radius 3 is 2.16 bits per heavy atom. The number of nitrogens with one attached hydrogen (secondary N) is 1. The zero-order valence-corrected chi connectivity index (χ0v) is 13.6. The molecule has 2 aliphatic heterocycles.